The average Bonchev–Trinajstić information content (AvgIpc) is 3.63. The van der Waals surface area contributed by atoms with Crippen molar-refractivity contribution in [2.45, 2.75) is 12.5 Å². The largest absolute Gasteiger partial charge is 0.496 e. The molecule has 0 fully saturated rings. The molecule has 6 nitrogen and oxygen atoms in total. The van der Waals surface area contributed by atoms with Gasteiger partial charge in [0.1, 0.15) is 5.75 Å². The van der Waals surface area contributed by atoms with Gasteiger partial charge in [0.05, 0.1) is 48.1 Å². The van der Waals surface area contributed by atoms with Gasteiger partial charge in [-0.05, 0) is 63.3 Å². The van der Waals surface area contributed by atoms with Gasteiger partial charge in [-0.2, -0.15) is 5.10 Å². The number of rotatable bonds is 7. The smallest absolute Gasteiger partial charge is 0.207 e. The fraction of sp³-hybridized carbons (Fsp3) is 0.200. The van der Waals surface area contributed by atoms with E-state index in [4.69, 9.17) is 24.3 Å². The van der Waals surface area contributed by atoms with Crippen LogP contribution in [0.15, 0.2) is 68.9 Å². The average molecular weight is 637 g/mol. The molecule has 182 valence electrons. The molecule has 0 saturated heterocycles. The zero-order chi connectivity index (χ0) is 23.7. The lowest BCUT2D eigenvalue weighted by atomic mass is 10.0. The van der Waals surface area contributed by atoms with Gasteiger partial charge in [-0.15, -0.1) is 39.7 Å². The summed E-state index contributed by atoms with van der Waals surface area (Å²) < 4.78 is 17.2. The Hall–Kier alpha value is -2.40. The molecule has 0 aliphatic carbocycles. The van der Waals surface area contributed by atoms with Crippen molar-refractivity contribution in [3.8, 4) is 28.5 Å². The lowest BCUT2D eigenvalue weighted by Crippen LogP contribution is -2.18. The molecule has 1 unspecified atom stereocenters. The van der Waals surface area contributed by atoms with Crippen molar-refractivity contribution in [3.63, 3.8) is 0 Å². The first kappa shape index (κ1) is 25.7. The van der Waals surface area contributed by atoms with Crippen LogP contribution in [0.2, 0.25) is 0 Å². The van der Waals surface area contributed by atoms with Gasteiger partial charge in [0, 0.05) is 17.4 Å². The van der Waals surface area contributed by atoms with E-state index >= 15 is 0 Å². The Kier molecular flexibility index (Phi) is 8.16. The SMILES string of the molecule is Br.COc1ccc(-c2csc(N3N=C(c4cccs4)CC3c3ccc(OC)c(OC)c3)n2)cc1Br. The van der Waals surface area contributed by atoms with Gasteiger partial charge in [0.15, 0.2) is 11.5 Å². The molecular formula is C25H23Br2N3O3S2. The highest BCUT2D eigenvalue weighted by atomic mass is 79.9. The third kappa shape index (κ3) is 5.11. The standard InChI is InChI=1S/C25H22BrN3O3S2.BrH/c1-30-21-8-6-15(11-17(21)26)19-14-34-25(27-19)29-20(13-18(28-29)24-5-4-10-33-24)16-7-9-22(31-2)23(12-16)32-3;/h4-12,14,20H,13H2,1-3H3;1H. The minimum atomic E-state index is -0.00138. The van der Waals surface area contributed by atoms with Crippen LogP contribution in [0.5, 0.6) is 17.2 Å². The molecule has 0 radical (unpaired) electrons. The Morgan fingerprint density at radius 3 is 2.40 bits per heavy atom. The molecular weight excluding hydrogens is 614 g/mol. The Balaban J connectivity index is 0.00000289. The molecule has 1 aliphatic rings. The normalized spacial score (nSPS) is 14.9. The minimum Gasteiger partial charge on any atom is -0.496 e. The molecule has 1 aliphatic heterocycles. The van der Waals surface area contributed by atoms with E-state index in [-0.39, 0.29) is 23.0 Å². The van der Waals surface area contributed by atoms with Crippen molar-refractivity contribution in [2.75, 3.05) is 26.3 Å². The Labute approximate surface area is 231 Å². The summed E-state index contributed by atoms with van der Waals surface area (Å²) in [6.45, 7) is 0. The van der Waals surface area contributed by atoms with Crippen LogP contribution in [0.3, 0.4) is 0 Å². The molecule has 35 heavy (non-hydrogen) atoms. The maximum absolute atomic E-state index is 5.56. The molecule has 5 rings (SSSR count). The van der Waals surface area contributed by atoms with Gasteiger partial charge in [-0.1, -0.05) is 12.1 Å². The van der Waals surface area contributed by atoms with Crippen LogP contribution in [0.4, 0.5) is 5.13 Å². The number of nitrogens with zero attached hydrogens (tertiary/aromatic N) is 3. The van der Waals surface area contributed by atoms with E-state index < -0.39 is 0 Å². The van der Waals surface area contributed by atoms with Crippen molar-refractivity contribution in [3.05, 3.63) is 74.2 Å². The van der Waals surface area contributed by atoms with Crippen molar-refractivity contribution in [1.29, 1.82) is 0 Å². The second-order valence-electron chi connectivity index (χ2n) is 7.57. The number of thiazole rings is 1. The Bertz CT molecular complexity index is 1340. The molecule has 0 saturated carbocycles. The summed E-state index contributed by atoms with van der Waals surface area (Å²) in [4.78, 5) is 6.12. The maximum Gasteiger partial charge on any atom is 0.207 e. The summed E-state index contributed by atoms with van der Waals surface area (Å²) in [5, 5.41) is 12.0. The van der Waals surface area contributed by atoms with Crippen LogP contribution >= 0.6 is 55.6 Å². The summed E-state index contributed by atoms with van der Waals surface area (Å²) in [5.74, 6) is 2.20. The number of aromatic nitrogens is 1. The van der Waals surface area contributed by atoms with Gasteiger partial charge in [-0.25, -0.2) is 9.99 Å². The highest BCUT2D eigenvalue weighted by Gasteiger charge is 2.32. The molecule has 4 aromatic rings. The molecule has 0 amide bonds. The van der Waals surface area contributed by atoms with E-state index in [1.165, 1.54) is 4.88 Å². The van der Waals surface area contributed by atoms with Crippen LogP contribution in [0.1, 0.15) is 22.9 Å². The van der Waals surface area contributed by atoms with Gasteiger partial charge in [0.25, 0.3) is 0 Å². The third-order valence-corrected chi connectivity index (χ3v) is 8.01. The number of halogens is 2. The van der Waals surface area contributed by atoms with E-state index in [1.807, 2.05) is 35.3 Å². The number of benzene rings is 2. The maximum atomic E-state index is 5.56. The monoisotopic (exact) mass is 635 g/mol. The molecule has 0 bridgehead atoms. The van der Waals surface area contributed by atoms with Crippen molar-refractivity contribution in [1.82, 2.24) is 4.98 Å². The lowest BCUT2D eigenvalue weighted by Gasteiger charge is -2.22. The summed E-state index contributed by atoms with van der Waals surface area (Å²) >= 11 is 6.85. The first-order chi connectivity index (χ1) is 16.6. The zero-order valence-corrected chi connectivity index (χ0v) is 24.2. The number of hydrogen-bond donors (Lipinski definition) is 0. The molecule has 1 atom stereocenters. The van der Waals surface area contributed by atoms with Crippen molar-refractivity contribution < 1.29 is 14.2 Å². The number of thiophene rings is 1. The molecule has 2 aromatic carbocycles. The number of anilines is 1. The number of ether oxygens (including phenoxy) is 3. The van der Waals surface area contributed by atoms with Gasteiger partial charge in [-0.3, -0.25) is 0 Å². The summed E-state index contributed by atoms with van der Waals surface area (Å²) in [5.41, 5.74) is 4.06. The van der Waals surface area contributed by atoms with E-state index in [2.05, 4.69) is 44.9 Å². The second-order valence-corrected chi connectivity index (χ2v) is 10.2. The zero-order valence-electron chi connectivity index (χ0n) is 19.2. The number of hydrazone groups is 1. The van der Waals surface area contributed by atoms with E-state index in [0.29, 0.717) is 11.5 Å². The van der Waals surface area contributed by atoms with Crippen LogP contribution in [0, 0.1) is 0 Å². The summed E-state index contributed by atoms with van der Waals surface area (Å²) in [6, 6.07) is 16.2. The minimum absolute atomic E-state index is 0. The lowest BCUT2D eigenvalue weighted by molar-refractivity contribution is 0.354. The third-order valence-electron chi connectivity index (χ3n) is 5.64. The molecule has 10 heteroatoms. The quantitative estimate of drug-likeness (QED) is 0.209. The topological polar surface area (TPSA) is 56.2 Å². The highest BCUT2D eigenvalue weighted by Crippen LogP contribution is 2.42. The van der Waals surface area contributed by atoms with Crippen molar-refractivity contribution in [2.24, 2.45) is 5.10 Å². The van der Waals surface area contributed by atoms with Gasteiger partial charge >= 0.3 is 0 Å². The van der Waals surface area contributed by atoms with Gasteiger partial charge < -0.3 is 14.2 Å². The molecule has 3 heterocycles. The fourth-order valence-electron chi connectivity index (χ4n) is 3.93. The highest BCUT2D eigenvalue weighted by molar-refractivity contribution is 9.10. The Morgan fingerprint density at radius 2 is 1.71 bits per heavy atom. The van der Waals surface area contributed by atoms with Gasteiger partial charge in [0.2, 0.25) is 5.13 Å². The van der Waals surface area contributed by atoms with Crippen molar-refractivity contribution >= 4 is 66.4 Å². The van der Waals surface area contributed by atoms with Crippen LogP contribution in [-0.4, -0.2) is 32.0 Å². The molecule has 0 N–H and O–H groups in total. The van der Waals surface area contributed by atoms with E-state index in [9.17, 15) is 0 Å². The summed E-state index contributed by atoms with van der Waals surface area (Å²) in [7, 11) is 4.96. The first-order valence-electron chi connectivity index (χ1n) is 10.5. The predicted molar refractivity (Wildman–Crippen MR) is 152 cm³/mol. The van der Waals surface area contributed by atoms with Crippen LogP contribution < -0.4 is 19.2 Å². The van der Waals surface area contributed by atoms with Crippen LogP contribution in [-0.2, 0) is 0 Å². The number of hydrogen-bond acceptors (Lipinski definition) is 8. The van der Waals surface area contributed by atoms with E-state index in [1.54, 1.807) is 44.0 Å². The predicted octanol–water partition coefficient (Wildman–Crippen LogP) is 7.59. The molecule has 0 spiro atoms. The fourth-order valence-corrected chi connectivity index (χ4v) is 6.02. The number of methoxy groups -OCH3 is 3. The summed E-state index contributed by atoms with van der Waals surface area (Å²) in [6.07, 6.45) is 0.777. The van der Waals surface area contributed by atoms with E-state index in [0.717, 1.165) is 44.3 Å². The Morgan fingerprint density at radius 1 is 0.943 bits per heavy atom. The molecule has 2 aromatic heterocycles. The first-order valence-corrected chi connectivity index (χ1v) is 13.1. The second kappa shape index (κ2) is 11.1. The van der Waals surface area contributed by atoms with Crippen LogP contribution in [0.25, 0.3) is 11.3 Å².